The summed E-state index contributed by atoms with van der Waals surface area (Å²) in [4.78, 5) is 14.1. The molecular weight excluding hydrogens is 286 g/mol. The van der Waals surface area contributed by atoms with Crippen LogP contribution in [0.15, 0.2) is 42.5 Å². The summed E-state index contributed by atoms with van der Waals surface area (Å²) >= 11 is 3.54. The first kappa shape index (κ1) is 15.1. The highest BCUT2D eigenvalue weighted by Gasteiger charge is 2.04. The lowest BCUT2D eigenvalue weighted by molar-refractivity contribution is -0.120. The Hall–Kier alpha value is -1.26. The average Bonchev–Trinajstić information content (AvgIpc) is 2.85. The minimum Gasteiger partial charge on any atom is -0.355 e. The van der Waals surface area contributed by atoms with E-state index >= 15 is 0 Å². The first-order valence-corrected chi connectivity index (χ1v) is 8.65. The SMILES string of the molecule is Cc1ccc(CC(=O)NCCSCc2ccccc2)s1. The van der Waals surface area contributed by atoms with Gasteiger partial charge < -0.3 is 5.32 Å². The fraction of sp³-hybridized carbons (Fsp3) is 0.312. The van der Waals surface area contributed by atoms with Gasteiger partial charge in [0.2, 0.25) is 5.91 Å². The molecule has 0 radical (unpaired) electrons. The molecule has 2 aromatic rings. The molecule has 0 fully saturated rings. The number of hydrogen-bond donors (Lipinski definition) is 1. The molecule has 0 bridgehead atoms. The topological polar surface area (TPSA) is 29.1 Å². The van der Waals surface area contributed by atoms with Crippen molar-refractivity contribution in [2.75, 3.05) is 12.3 Å². The predicted molar refractivity (Wildman–Crippen MR) is 88.4 cm³/mol. The normalized spacial score (nSPS) is 10.4. The molecular formula is C16H19NOS2. The summed E-state index contributed by atoms with van der Waals surface area (Å²) in [6, 6.07) is 14.5. The standard InChI is InChI=1S/C16H19NOS2/c1-13-7-8-15(20-13)11-16(18)17-9-10-19-12-14-5-3-2-4-6-14/h2-8H,9-12H2,1H3,(H,17,18). The molecule has 1 N–H and O–H groups in total. The number of amides is 1. The van der Waals surface area contributed by atoms with E-state index in [0.717, 1.165) is 22.9 Å². The summed E-state index contributed by atoms with van der Waals surface area (Å²) < 4.78 is 0. The molecule has 0 unspecified atom stereocenters. The second-order valence-corrected chi connectivity index (χ2v) is 7.05. The molecule has 0 aliphatic heterocycles. The molecule has 0 spiro atoms. The fourth-order valence-electron chi connectivity index (χ4n) is 1.83. The monoisotopic (exact) mass is 305 g/mol. The Balaban J connectivity index is 1.58. The van der Waals surface area contributed by atoms with Gasteiger partial charge in [-0.2, -0.15) is 11.8 Å². The summed E-state index contributed by atoms with van der Waals surface area (Å²) in [6.07, 6.45) is 0.502. The van der Waals surface area contributed by atoms with Crippen molar-refractivity contribution in [3.63, 3.8) is 0 Å². The van der Waals surface area contributed by atoms with Crippen LogP contribution in [0, 0.1) is 6.92 Å². The van der Waals surface area contributed by atoms with Gasteiger partial charge in [-0.15, -0.1) is 11.3 Å². The van der Waals surface area contributed by atoms with Crippen LogP contribution in [0.25, 0.3) is 0 Å². The van der Waals surface area contributed by atoms with E-state index in [0.29, 0.717) is 6.42 Å². The molecule has 106 valence electrons. The van der Waals surface area contributed by atoms with E-state index in [1.54, 1.807) is 11.3 Å². The Labute approximate surface area is 128 Å². The minimum atomic E-state index is 0.118. The number of thiophene rings is 1. The van der Waals surface area contributed by atoms with Crippen LogP contribution in [0.2, 0.25) is 0 Å². The van der Waals surface area contributed by atoms with Crippen molar-refractivity contribution in [2.24, 2.45) is 0 Å². The molecule has 4 heteroatoms. The van der Waals surface area contributed by atoms with Gasteiger partial charge in [0.1, 0.15) is 0 Å². The Bertz CT molecular complexity index is 536. The number of thioether (sulfide) groups is 1. The molecule has 1 amide bonds. The van der Waals surface area contributed by atoms with Gasteiger partial charge in [0.25, 0.3) is 0 Å². The predicted octanol–water partition coefficient (Wildman–Crippen LogP) is 3.65. The third kappa shape index (κ3) is 5.39. The van der Waals surface area contributed by atoms with Gasteiger partial charge in [-0.25, -0.2) is 0 Å². The fourth-order valence-corrected chi connectivity index (χ4v) is 3.54. The molecule has 0 saturated heterocycles. The number of carbonyl (C=O) groups is 1. The zero-order valence-electron chi connectivity index (χ0n) is 11.6. The van der Waals surface area contributed by atoms with Crippen LogP contribution in [0.1, 0.15) is 15.3 Å². The third-order valence-corrected chi connectivity index (χ3v) is 4.84. The summed E-state index contributed by atoms with van der Waals surface area (Å²) in [6.45, 7) is 2.80. The van der Waals surface area contributed by atoms with E-state index in [1.165, 1.54) is 10.4 Å². The zero-order chi connectivity index (χ0) is 14.2. The maximum atomic E-state index is 11.7. The highest BCUT2D eigenvalue weighted by atomic mass is 32.2. The van der Waals surface area contributed by atoms with Crippen LogP contribution < -0.4 is 5.32 Å². The quantitative estimate of drug-likeness (QED) is 0.791. The highest BCUT2D eigenvalue weighted by Crippen LogP contribution is 2.15. The smallest absolute Gasteiger partial charge is 0.225 e. The summed E-state index contributed by atoms with van der Waals surface area (Å²) in [7, 11) is 0. The number of benzene rings is 1. The van der Waals surface area contributed by atoms with Crippen molar-refractivity contribution in [3.8, 4) is 0 Å². The Kier molecular flexibility index (Phi) is 6.15. The first-order valence-electron chi connectivity index (χ1n) is 6.68. The van der Waals surface area contributed by atoms with Crippen molar-refractivity contribution in [3.05, 3.63) is 57.8 Å². The number of carbonyl (C=O) groups excluding carboxylic acids is 1. The molecule has 1 heterocycles. The Morgan fingerprint density at radius 2 is 2.00 bits per heavy atom. The van der Waals surface area contributed by atoms with E-state index < -0.39 is 0 Å². The average molecular weight is 305 g/mol. The van der Waals surface area contributed by atoms with Gasteiger partial charge in [0, 0.05) is 27.8 Å². The minimum absolute atomic E-state index is 0.118. The van der Waals surface area contributed by atoms with E-state index in [2.05, 4.69) is 42.6 Å². The highest BCUT2D eigenvalue weighted by molar-refractivity contribution is 7.98. The molecule has 0 atom stereocenters. The van der Waals surface area contributed by atoms with E-state index in [-0.39, 0.29) is 5.91 Å². The summed E-state index contributed by atoms with van der Waals surface area (Å²) in [5.74, 6) is 2.07. The lowest BCUT2D eigenvalue weighted by Crippen LogP contribution is -2.27. The van der Waals surface area contributed by atoms with Crippen LogP contribution in [0.5, 0.6) is 0 Å². The number of nitrogens with one attached hydrogen (secondary N) is 1. The third-order valence-electron chi connectivity index (χ3n) is 2.81. The molecule has 2 rings (SSSR count). The zero-order valence-corrected chi connectivity index (χ0v) is 13.2. The summed E-state index contributed by atoms with van der Waals surface area (Å²) in [5.41, 5.74) is 1.33. The van der Waals surface area contributed by atoms with Crippen LogP contribution in [0.3, 0.4) is 0 Å². The maximum absolute atomic E-state index is 11.7. The van der Waals surface area contributed by atoms with Crippen molar-refractivity contribution in [1.29, 1.82) is 0 Å². The van der Waals surface area contributed by atoms with E-state index in [1.807, 2.05) is 23.9 Å². The Morgan fingerprint density at radius 3 is 2.70 bits per heavy atom. The second kappa shape index (κ2) is 8.12. The van der Waals surface area contributed by atoms with Crippen LogP contribution >= 0.6 is 23.1 Å². The van der Waals surface area contributed by atoms with Crippen molar-refractivity contribution < 1.29 is 4.79 Å². The molecule has 1 aromatic carbocycles. The van der Waals surface area contributed by atoms with Crippen molar-refractivity contribution in [1.82, 2.24) is 5.32 Å². The van der Waals surface area contributed by atoms with E-state index in [9.17, 15) is 4.79 Å². The number of hydrogen-bond acceptors (Lipinski definition) is 3. The molecule has 20 heavy (non-hydrogen) atoms. The van der Waals surface area contributed by atoms with Crippen LogP contribution in [-0.2, 0) is 17.0 Å². The van der Waals surface area contributed by atoms with Gasteiger partial charge in [0.05, 0.1) is 6.42 Å². The maximum Gasteiger partial charge on any atom is 0.225 e. The van der Waals surface area contributed by atoms with Crippen LogP contribution in [0.4, 0.5) is 0 Å². The van der Waals surface area contributed by atoms with Gasteiger partial charge in [-0.3, -0.25) is 4.79 Å². The molecule has 1 aromatic heterocycles. The molecule has 0 saturated carbocycles. The largest absolute Gasteiger partial charge is 0.355 e. The van der Waals surface area contributed by atoms with E-state index in [4.69, 9.17) is 0 Å². The first-order chi connectivity index (χ1) is 9.74. The number of rotatable bonds is 7. The van der Waals surface area contributed by atoms with Gasteiger partial charge >= 0.3 is 0 Å². The van der Waals surface area contributed by atoms with Crippen molar-refractivity contribution >= 4 is 29.0 Å². The summed E-state index contributed by atoms with van der Waals surface area (Å²) in [5, 5.41) is 2.97. The molecule has 0 aliphatic rings. The lowest BCUT2D eigenvalue weighted by Gasteiger charge is -2.04. The van der Waals surface area contributed by atoms with Crippen molar-refractivity contribution in [2.45, 2.75) is 19.1 Å². The lowest BCUT2D eigenvalue weighted by atomic mass is 10.2. The van der Waals surface area contributed by atoms with Gasteiger partial charge in [-0.1, -0.05) is 30.3 Å². The molecule has 2 nitrogen and oxygen atoms in total. The van der Waals surface area contributed by atoms with Gasteiger partial charge in [0.15, 0.2) is 0 Å². The Morgan fingerprint density at radius 1 is 1.20 bits per heavy atom. The van der Waals surface area contributed by atoms with Gasteiger partial charge in [-0.05, 0) is 24.6 Å². The molecule has 0 aliphatic carbocycles. The second-order valence-electron chi connectivity index (χ2n) is 4.58. The van der Waals surface area contributed by atoms with Crippen LogP contribution in [-0.4, -0.2) is 18.2 Å². The number of aryl methyl sites for hydroxylation is 1.